The van der Waals surface area contributed by atoms with Crippen LogP contribution in [0, 0.1) is 0 Å². The Morgan fingerprint density at radius 1 is 0.939 bits per heavy atom. The monoisotopic (exact) mass is 464 g/mol. The van der Waals surface area contributed by atoms with E-state index in [4.69, 9.17) is 9.47 Å². The Labute approximate surface area is 198 Å². The van der Waals surface area contributed by atoms with Crippen LogP contribution in [0.4, 0.5) is 5.82 Å². The van der Waals surface area contributed by atoms with E-state index in [0.29, 0.717) is 19.5 Å². The van der Waals surface area contributed by atoms with E-state index in [1.54, 1.807) is 26.0 Å². The minimum atomic E-state index is 0.213. The average molecular weight is 465 g/mol. The molecule has 0 spiro atoms. The smallest absolute Gasteiger partial charge is 0.223 e. The molecule has 1 saturated heterocycles. The summed E-state index contributed by atoms with van der Waals surface area (Å²) in [5.74, 6) is 3.27. The van der Waals surface area contributed by atoms with Gasteiger partial charge >= 0.3 is 0 Å². The number of piperazine rings is 1. The molecule has 172 valence electrons. The molecule has 1 fully saturated rings. The van der Waals surface area contributed by atoms with Crippen LogP contribution >= 0.6 is 11.8 Å². The van der Waals surface area contributed by atoms with Gasteiger partial charge in [-0.15, -0.1) is 22.0 Å². The first-order chi connectivity index (χ1) is 16.2. The summed E-state index contributed by atoms with van der Waals surface area (Å²) in [6.45, 7) is 2.88. The van der Waals surface area contributed by atoms with Gasteiger partial charge in [0.15, 0.2) is 5.82 Å². The number of aromatic nitrogens is 2. The molecule has 0 saturated carbocycles. The van der Waals surface area contributed by atoms with Crippen molar-refractivity contribution in [2.24, 2.45) is 0 Å². The molecule has 1 aliphatic rings. The van der Waals surface area contributed by atoms with Crippen LogP contribution in [-0.2, 0) is 4.79 Å². The molecular formula is C25H28N4O3S. The quantitative estimate of drug-likeness (QED) is 0.467. The Bertz CT molecular complexity index is 1060. The van der Waals surface area contributed by atoms with Crippen LogP contribution in [0.1, 0.15) is 6.42 Å². The lowest BCUT2D eigenvalue weighted by molar-refractivity contribution is -0.131. The first-order valence-electron chi connectivity index (χ1n) is 10.9. The molecule has 0 N–H and O–H groups in total. The Morgan fingerprint density at radius 3 is 2.39 bits per heavy atom. The fourth-order valence-electron chi connectivity index (χ4n) is 3.77. The van der Waals surface area contributed by atoms with Gasteiger partial charge in [0.25, 0.3) is 0 Å². The lowest BCUT2D eigenvalue weighted by Gasteiger charge is -2.35. The summed E-state index contributed by atoms with van der Waals surface area (Å²) in [4.78, 5) is 17.9. The van der Waals surface area contributed by atoms with E-state index in [-0.39, 0.29) is 5.91 Å². The van der Waals surface area contributed by atoms with E-state index in [9.17, 15) is 4.79 Å². The maximum Gasteiger partial charge on any atom is 0.223 e. The second-order valence-electron chi connectivity index (χ2n) is 7.62. The molecule has 0 bridgehead atoms. The fraction of sp³-hybridized carbons (Fsp3) is 0.320. The van der Waals surface area contributed by atoms with Crippen LogP contribution < -0.4 is 14.4 Å². The normalized spacial score (nSPS) is 13.6. The molecular weight excluding hydrogens is 436 g/mol. The Kier molecular flexibility index (Phi) is 7.67. The number of nitrogens with zero attached hydrogens (tertiary/aromatic N) is 4. The third-order valence-electron chi connectivity index (χ3n) is 5.62. The zero-order chi connectivity index (χ0) is 23.0. The minimum absolute atomic E-state index is 0.213. The van der Waals surface area contributed by atoms with Crippen molar-refractivity contribution in [1.29, 1.82) is 0 Å². The highest BCUT2D eigenvalue weighted by Crippen LogP contribution is 2.32. The van der Waals surface area contributed by atoms with Crippen molar-refractivity contribution in [1.82, 2.24) is 15.1 Å². The topological polar surface area (TPSA) is 67.8 Å². The van der Waals surface area contributed by atoms with Crippen molar-refractivity contribution in [3.05, 3.63) is 60.7 Å². The number of thioether (sulfide) groups is 1. The lowest BCUT2D eigenvalue weighted by atomic mass is 10.1. The average Bonchev–Trinajstić information content (AvgIpc) is 2.89. The predicted octanol–water partition coefficient (Wildman–Crippen LogP) is 3.99. The van der Waals surface area contributed by atoms with E-state index in [1.165, 1.54) is 4.90 Å². The predicted molar refractivity (Wildman–Crippen MR) is 131 cm³/mol. The second-order valence-corrected chi connectivity index (χ2v) is 8.79. The zero-order valence-electron chi connectivity index (χ0n) is 18.9. The number of hydrogen-bond donors (Lipinski definition) is 0. The van der Waals surface area contributed by atoms with Crippen molar-refractivity contribution >= 4 is 23.5 Å². The molecule has 0 aliphatic carbocycles. The molecule has 3 aromatic rings. The Hall–Kier alpha value is -3.26. The first kappa shape index (κ1) is 22.9. The van der Waals surface area contributed by atoms with Crippen molar-refractivity contribution in [2.45, 2.75) is 11.3 Å². The number of rotatable bonds is 8. The molecule has 7 nitrogen and oxygen atoms in total. The summed E-state index contributed by atoms with van der Waals surface area (Å²) in [5.41, 5.74) is 1.55. The second kappa shape index (κ2) is 11.0. The van der Waals surface area contributed by atoms with E-state index >= 15 is 0 Å². The van der Waals surface area contributed by atoms with E-state index < -0.39 is 0 Å². The Balaban J connectivity index is 1.30. The maximum atomic E-state index is 12.6. The molecule has 0 atom stereocenters. The van der Waals surface area contributed by atoms with Crippen molar-refractivity contribution in [3.63, 3.8) is 0 Å². The van der Waals surface area contributed by atoms with Crippen LogP contribution in [-0.4, -0.2) is 67.2 Å². The number of carbonyl (C=O) groups excluding carboxylic acids is 1. The molecule has 0 radical (unpaired) electrons. The van der Waals surface area contributed by atoms with Crippen LogP contribution in [0.3, 0.4) is 0 Å². The summed E-state index contributed by atoms with van der Waals surface area (Å²) in [5, 5.41) is 8.86. The highest BCUT2D eigenvalue weighted by molar-refractivity contribution is 7.99. The van der Waals surface area contributed by atoms with E-state index in [2.05, 4.69) is 27.2 Å². The standard InChI is InChI=1S/C25H28N4O3S/c1-31-19-8-10-23(32-2)21(18-19)22-9-11-24(27-26-22)28-13-15-29(16-14-28)25(30)12-17-33-20-6-4-3-5-7-20/h3-11,18H,12-17H2,1-2H3. The molecule has 2 heterocycles. The number of ether oxygens (including phenoxy) is 2. The van der Waals surface area contributed by atoms with Gasteiger partial charge in [0.05, 0.1) is 19.9 Å². The van der Waals surface area contributed by atoms with Gasteiger partial charge in [0.1, 0.15) is 11.5 Å². The minimum Gasteiger partial charge on any atom is -0.497 e. The van der Waals surface area contributed by atoms with Crippen LogP contribution in [0.5, 0.6) is 11.5 Å². The molecule has 33 heavy (non-hydrogen) atoms. The lowest BCUT2D eigenvalue weighted by Crippen LogP contribution is -2.49. The van der Waals surface area contributed by atoms with Crippen molar-refractivity contribution in [2.75, 3.05) is 51.1 Å². The molecule has 8 heteroatoms. The largest absolute Gasteiger partial charge is 0.497 e. The van der Waals surface area contributed by atoms with Gasteiger partial charge in [-0.2, -0.15) is 0 Å². The molecule has 0 unspecified atom stereocenters. The van der Waals surface area contributed by atoms with Gasteiger partial charge in [-0.1, -0.05) is 18.2 Å². The molecule has 1 aliphatic heterocycles. The summed E-state index contributed by atoms with van der Waals surface area (Å²) in [7, 11) is 3.27. The third kappa shape index (κ3) is 5.76. The van der Waals surface area contributed by atoms with Crippen LogP contribution in [0.15, 0.2) is 65.6 Å². The SMILES string of the molecule is COc1ccc(OC)c(-c2ccc(N3CCN(C(=O)CCSc4ccccc4)CC3)nn2)c1. The van der Waals surface area contributed by atoms with Gasteiger partial charge in [-0.25, -0.2) is 0 Å². The number of benzene rings is 2. The molecule has 1 aromatic heterocycles. The van der Waals surface area contributed by atoms with Gasteiger partial charge in [-0.05, 0) is 42.5 Å². The number of amides is 1. The van der Waals surface area contributed by atoms with Crippen LogP contribution in [0.2, 0.25) is 0 Å². The highest BCUT2D eigenvalue weighted by atomic mass is 32.2. The molecule has 4 rings (SSSR count). The molecule has 1 amide bonds. The van der Waals surface area contributed by atoms with Gasteiger partial charge in [0.2, 0.25) is 5.91 Å². The fourth-order valence-corrected chi connectivity index (χ4v) is 4.63. The van der Waals surface area contributed by atoms with Gasteiger partial charge in [0, 0.05) is 48.8 Å². The highest BCUT2D eigenvalue weighted by Gasteiger charge is 2.22. The van der Waals surface area contributed by atoms with Crippen molar-refractivity contribution < 1.29 is 14.3 Å². The number of methoxy groups -OCH3 is 2. The summed E-state index contributed by atoms with van der Waals surface area (Å²) in [6, 6.07) is 19.7. The van der Waals surface area contributed by atoms with Crippen molar-refractivity contribution in [3.8, 4) is 22.8 Å². The van der Waals surface area contributed by atoms with E-state index in [1.807, 2.05) is 53.4 Å². The Morgan fingerprint density at radius 2 is 1.73 bits per heavy atom. The summed E-state index contributed by atoms with van der Waals surface area (Å²) in [6.07, 6.45) is 0.552. The summed E-state index contributed by atoms with van der Waals surface area (Å²) >= 11 is 1.72. The van der Waals surface area contributed by atoms with Gasteiger partial charge in [-0.3, -0.25) is 4.79 Å². The number of hydrogen-bond acceptors (Lipinski definition) is 7. The summed E-state index contributed by atoms with van der Waals surface area (Å²) < 4.78 is 10.8. The zero-order valence-corrected chi connectivity index (χ0v) is 19.8. The number of carbonyl (C=O) groups is 1. The van der Waals surface area contributed by atoms with E-state index in [0.717, 1.165) is 47.4 Å². The van der Waals surface area contributed by atoms with Crippen LogP contribution in [0.25, 0.3) is 11.3 Å². The molecule has 2 aromatic carbocycles. The van der Waals surface area contributed by atoms with Gasteiger partial charge < -0.3 is 19.3 Å². The first-order valence-corrected chi connectivity index (χ1v) is 11.9. The number of anilines is 1. The maximum absolute atomic E-state index is 12.6. The third-order valence-corrected chi connectivity index (χ3v) is 6.63.